The minimum absolute atomic E-state index is 0.276. The van der Waals surface area contributed by atoms with E-state index >= 15 is 0 Å². The first kappa shape index (κ1) is 18.1. The van der Waals surface area contributed by atoms with Gasteiger partial charge in [-0.15, -0.1) is 0 Å². The van der Waals surface area contributed by atoms with Gasteiger partial charge in [0.05, 0.1) is 22.9 Å². The Bertz CT molecular complexity index is 1030. The fourth-order valence-corrected chi connectivity index (χ4v) is 2.48. The number of anilines is 1. The normalized spacial score (nSPS) is 10.4. The van der Waals surface area contributed by atoms with E-state index in [0.29, 0.717) is 11.2 Å². The summed E-state index contributed by atoms with van der Waals surface area (Å²) in [6.07, 6.45) is 1.22. The number of amides is 3. The molecule has 0 spiro atoms. The number of rotatable bonds is 5. The molecule has 1 aromatic heterocycles. The Hall–Kier alpha value is -3.72. The predicted octanol–water partition coefficient (Wildman–Crippen LogP) is 1.22. The molecule has 3 amide bonds. The van der Waals surface area contributed by atoms with Crippen molar-refractivity contribution in [3.05, 3.63) is 70.8 Å². The van der Waals surface area contributed by atoms with Crippen LogP contribution in [0.4, 0.5) is 10.5 Å². The first-order valence-corrected chi connectivity index (χ1v) is 8.08. The van der Waals surface area contributed by atoms with E-state index in [9.17, 15) is 14.4 Å². The van der Waals surface area contributed by atoms with Crippen LogP contribution in [0, 0.1) is 0 Å². The Kier molecular flexibility index (Phi) is 5.43. The summed E-state index contributed by atoms with van der Waals surface area (Å²) in [5, 5.41) is 13.9. The second-order valence-electron chi connectivity index (χ2n) is 5.74. The number of fused-ring (bicyclic) bond motifs is 1. The fourth-order valence-electron chi connectivity index (χ4n) is 2.48. The number of nitrogens with zero attached hydrogens (tertiary/aromatic N) is 2. The Balaban J connectivity index is 1.62. The van der Waals surface area contributed by atoms with Gasteiger partial charge < -0.3 is 5.32 Å². The van der Waals surface area contributed by atoms with Gasteiger partial charge >= 0.3 is 6.03 Å². The predicted molar refractivity (Wildman–Crippen MR) is 98.2 cm³/mol. The van der Waals surface area contributed by atoms with Gasteiger partial charge in [-0.1, -0.05) is 30.3 Å². The number of benzene rings is 2. The molecule has 3 rings (SSSR count). The van der Waals surface area contributed by atoms with Crippen LogP contribution < -0.4 is 21.7 Å². The smallest absolute Gasteiger partial charge is 0.321 e. The van der Waals surface area contributed by atoms with Gasteiger partial charge in [0.2, 0.25) is 5.91 Å². The minimum Gasteiger partial charge on any atom is -0.334 e. The topological polar surface area (TPSA) is 125 Å². The lowest BCUT2D eigenvalue weighted by molar-refractivity contribution is -0.120. The van der Waals surface area contributed by atoms with Gasteiger partial charge in [-0.05, 0) is 23.8 Å². The summed E-state index contributed by atoms with van der Waals surface area (Å²) < 4.78 is 1.11. The first-order chi connectivity index (χ1) is 13.1. The van der Waals surface area contributed by atoms with Crippen LogP contribution in [0.3, 0.4) is 0 Å². The summed E-state index contributed by atoms with van der Waals surface area (Å²) in [6, 6.07) is 13.1. The van der Waals surface area contributed by atoms with Crippen molar-refractivity contribution in [2.75, 3.05) is 5.48 Å². The van der Waals surface area contributed by atoms with Crippen molar-refractivity contribution in [2.24, 2.45) is 0 Å². The number of aromatic nitrogens is 2. The van der Waals surface area contributed by atoms with Gasteiger partial charge in [-0.2, -0.15) is 0 Å². The molecule has 0 radical (unpaired) electrons. The molecule has 0 saturated heterocycles. The van der Waals surface area contributed by atoms with Crippen LogP contribution >= 0.6 is 0 Å². The van der Waals surface area contributed by atoms with Crippen molar-refractivity contribution in [3.63, 3.8) is 0 Å². The van der Waals surface area contributed by atoms with E-state index in [4.69, 9.17) is 5.21 Å². The zero-order valence-corrected chi connectivity index (χ0v) is 14.2. The molecule has 1 heterocycles. The van der Waals surface area contributed by atoms with E-state index in [1.54, 1.807) is 0 Å². The van der Waals surface area contributed by atoms with Gasteiger partial charge in [-0.25, -0.2) is 9.78 Å². The standard InChI is InChI=1S/C18H17N5O4/c24-16(21-18(26)19-9-12-4-2-1-3-5-12)10-23-11-20-15-8-13(22-27)6-7-14(15)17(23)25/h1-8,11,22,27H,9-10H2,(H2,19,21,24,26). The average molecular weight is 367 g/mol. The van der Waals surface area contributed by atoms with Crippen LogP contribution in [-0.2, 0) is 17.9 Å². The van der Waals surface area contributed by atoms with Crippen LogP contribution in [-0.4, -0.2) is 26.7 Å². The van der Waals surface area contributed by atoms with E-state index in [1.807, 2.05) is 35.8 Å². The van der Waals surface area contributed by atoms with Crippen molar-refractivity contribution in [2.45, 2.75) is 13.1 Å². The highest BCUT2D eigenvalue weighted by molar-refractivity contribution is 5.94. The Morgan fingerprint density at radius 3 is 2.63 bits per heavy atom. The maximum Gasteiger partial charge on any atom is 0.321 e. The molecule has 0 saturated carbocycles. The second kappa shape index (κ2) is 8.11. The van der Waals surface area contributed by atoms with Crippen LogP contribution in [0.15, 0.2) is 59.7 Å². The summed E-state index contributed by atoms with van der Waals surface area (Å²) in [6.45, 7) is -0.0702. The van der Waals surface area contributed by atoms with Gasteiger partial charge in [-0.3, -0.25) is 30.2 Å². The molecule has 9 nitrogen and oxygen atoms in total. The van der Waals surface area contributed by atoms with Gasteiger partial charge in [0.25, 0.3) is 5.56 Å². The van der Waals surface area contributed by atoms with Crippen LogP contribution in [0.25, 0.3) is 10.9 Å². The number of hydrogen-bond donors (Lipinski definition) is 4. The monoisotopic (exact) mass is 367 g/mol. The lowest BCUT2D eigenvalue weighted by atomic mass is 10.2. The molecule has 0 aliphatic carbocycles. The quantitative estimate of drug-likeness (QED) is 0.503. The molecule has 4 N–H and O–H groups in total. The van der Waals surface area contributed by atoms with E-state index in [-0.39, 0.29) is 18.5 Å². The first-order valence-electron chi connectivity index (χ1n) is 8.08. The Morgan fingerprint density at radius 1 is 1.11 bits per heavy atom. The fraction of sp³-hybridized carbons (Fsp3) is 0.111. The molecule has 0 aliphatic heterocycles. The lowest BCUT2D eigenvalue weighted by Crippen LogP contribution is -2.41. The molecule has 0 fully saturated rings. The third-order valence-electron chi connectivity index (χ3n) is 3.82. The van der Waals surface area contributed by atoms with Crippen molar-refractivity contribution in [1.29, 1.82) is 0 Å². The van der Waals surface area contributed by atoms with E-state index < -0.39 is 17.5 Å². The van der Waals surface area contributed by atoms with Crippen molar-refractivity contribution >= 4 is 28.5 Å². The van der Waals surface area contributed by atoms with Gasteiger partial charge in [0.1, 0.15) is 6.54 Å². The molecular formula is C18H17N5O4. The molecule has 2 aromatic carbocycles. The number of carbonyl (C=O) groups is 2. The molecule has 138 valence electrons. The number of nitrogens with one attached hydrogen (secondary N) is 3. The SMILES string of the molecule is O=C(Cn1cnc2cc(NO)ccc2c1=O)NC(=O)NCc1ccccc1. The molecule has 0 bridgehead atoms. The molecule has 0 aliphatic rings. The highest BCUT2D eigenvalue weighted by Gasteiger charge is 2.11. The summed E-state index contributed by atoms with van der Waals surface area (Å²) in [7, 11) is 0. The largest absolute Gasteiger partial charge is 0.334 e. The summed E-state index contributed by atoms with van der Waals surface area (Å²) in [5.74, 6) is -0.641. The number of hydrogen-bond acceptors (Lipinski definition) is 6. The highest BCUT2D eigenvalue weighted by Crippen LogP contribution is 2.13. The maximum atomic E-state index is 12.4. The Labute approximate surface area is 153 Å². The number of urea groups is 1. The third-order valence-corrected chi connectivity index (χ3v) is 3.82. The second-order valence-corrected chi connectivity index (χ2v) is 5.74. The lowest BCUT2D eigenvalue weighted by Gasteiger charge is -2.09. The van der Waals surface area contributed by atoms with Crippen molar-refractivity contribution in [3.8, 4) is 0 Å². The van der Waals surface area contributed by atoms with Gasteiger partial charge in [0, 0.05) is 6.54 Å². The molecule has 9 heteroatoms. The van der Waals surface area contributed by atoms with Crippen LogP contribution in [0.5, 0.6) is 0 Å². The zero-order valence-electron chi connectivity index (χ0n) is 14.2. The molecule has 0 unspecified atom stereocenters. The molecule has 3 aromatic rings. The van der Waals surface area contributed by atoms with E-state index in [0.717, 1.165) is 10.1 Å². The van der Waals surface area contributed by atoms with Crippen LogP contribution in [0.2, 0.25) is 0 Å². The Morgan fingerprint density at radius 2 is 1.89 bits per heavy atom. The van der Waals surface area contributed by atoms with Crippen molar-refractivity contribution in [1.82, 2.24) is 20.2 Å². The van der Waals surface area contributed by atoms with Crippen molar-refractivity contribution < 1.29 is 14.8 Å². The van der Waals surface area contributed by atoms with E-state index in [2.05, 4.69) is 15.6 Å². The summed E-state index contributed by atoms with van der Waals surface area (Å²) in [5.41, 5.74) is 3.20. The number of carbonyl (C=O) groups excluding carboxylic acids is 2. The highest BCUT2D eigenvalue weighted by atomic mass is 16.5. The van der Waals surface area contributed by atoms with Gasteiger partial charge in [0.15, 0.2) is 0 Å². The molecule has 0 atom stereocenters. The number of imide groups is 1. The zero-order chi connectivity index (χ0) is 19.2. The average Bonchev–Trinajstić information content (AvgIpc) is 2.69. The molecule has 27 heavy (non-hydrogen) atoms. The minimum atomic E-state index is -0.649. The maximum absolute atomic E-state index is 12.4. The third kappa shape index (κ3) is 4.47. The summed E-state index contributed by atoms with van der Waals surface area (Å²) in [4.78, 5) is 40.3. The molecular weight excluding hydrogens is 350 g/mol. The van der Waals surface area contributed by atoms with E-state index in [1.165, 1.54) is 24.5 Å². The summed E-state index contributed by atoms with van der Waals surface area (Å²) >= 11 is 0. The van der Waals surface area contributed by atoms with Crippen LogP contribution in [0.1, 0.15) is 5.56 Å².